The average Bonchev–Trinajstić information content (AvgIpc) is 2.54. The topological polar surface area (TPSA) is 75.3 Å². The molecular weight excluding hydrogens is 300 g/mol. The van der Waals surface area contributed by atoms with Gasteiger partial charge in [0.2, 0.25) is 0 Å². The van der Waals surface area contributed by atoms with Crippen molar-refractivity contribution in [2.24, 2.45) is 11.7 Å². The molecule has 0 aromatic heterocycles. The molecule has 0 radical (unpaired) electrons. The molecule has 122 valence electrons. The average molecular weight is 325 g/mol. The normalized spacial score (nSPS) is 18.7. The van der Waals surface area contributed by atoms with Crippen molar-refractivity contribution in [3.8, 4) is 0 Å². The van der Waals surface area contributed by atoms with Crippen LogP contribution in [0.1, 0.15) is 44.1 Å². The fourth-order valence-electron chi connectivity index (χ4n) is 3.03. The zero-order valence-corrected chi connectivity index (χ0v) is 13.6. The van der Waals surface area contributed by atoms with Gasteiger partial charge in [-0.05, 0) is 30.0 Å². The van der Waals surface area contributed by atoms with Gasteiger partial charge in [0.15, 0.2) is 0 Å². The second kappa shape index (κ2) is 8.51. The monoisotopic (exact) mass is 324 g/mol. The lowest BCUT2D eigenvalue weighted by molar-refractivity contribution is -0.130. The molecule has 0 bridgehead atoms. The number of aliphatic hydroxyl groups is 1. The Morgan fingerprint density at radius 2 is 1.91 bits per heavy atom. The number of benzene rings is 1. The number of nitrogens with one attached hydrogen (secondary N) is 1. The Bertz CT molecular complexity index is 472. The molecule has 22 heavy (non-hydrogen) atoms. The SMILES string of the molecule is N[C@H](CC1CCCCC1)C(O)C(=O)NCc1ccc(Cl)cc1. The van der Waals surface area contributed by atoms with E-state index in [4.69, 9.17) is 17.3 Å². The van der Waals surface area contributed by atoms with Crippen LogP contribution >= 0.6 is 11.6 Å². The third-order valence-electron chi connectivity index (χ3n) is 4.38. The molecular formula is C17H25ClN2O2. The fourth-order valence-corrected chi connectivity index (χ4v) is 3.15. The van der Waals surface area contributed by atoms with Gasteiger partial charge in [-0.15, -0.1) is 0 Å². The van der Waals surface area contributed by atoms with E-state index in [-0.39, 0.29) is 0 Å². The van der Waals surface area contributed by atoms with Crippen LogP contribution in [0, 0.1) is 5.92 Å². The van der Waals surface area contributed by atoms with Gasteiger partial charge in [-0.25, -0.2) is 0 Å². The van der Waals surface area contributed by atoms with Crippen LogP contribution in [0.5, 0.6) is 0 Å². The zero-order valence-electron chi connectivity index (χ0n) is 12.8. The maximum Gasteiger partial charge on any atom is 0.250 e. The first kappa shape index (κ1) is 17.3. The van der Waals surface area contributed by atoms with Crippen molar-refractivity contribution in [3.05, 3.63) is 34.9 Å². The Balaban J connectivity index is 1.76. The molecule has 1 aliphatic rings. The number of halogens is 1. The van der Waals surface area contributed by atoms with Crippen LogP contribution < -0.4 is 11.1 Å². The molecule has 2 atom stereocenters. The molecule has 1 aromatic rings. The minimum Gasteiger partial charge on any atom is -0.382 e. The van der Waals surface area contributed by atoms with Crippen LogP contribution in [0.2, 0.25) is 5.02 Å². The van der Waals surface area contributed by atoms with Crippen molar-refractivity contribution in [3.63, 3.8) is 0 Å². The molecule has 1 amide bonds. The Kier molecular flexibility index (Phi) is 6.68. The van der Waals surface area contributed by atoms with E-state index in [1.165, 1.54) is 19.3 Å². The van der Waals surface area contributed by atoms with E-state index in [0.29, 0.717) is 17.5 Å². The number of carbonyl (C=O) groups is 1. The van der Waals surface area contributed by atoms with Crippen LogP contribution in [-0.4, -0.2) is 23.2 Å². The van der Waals surface area contributed by atoms with Gasteiger partial charge >= 0.3 is 0 Å². The highest BCUT2D eigenvalue weighted by Gasteiger charge is 2.26. The predicted octanol–water partition coefficient (Wildman–Crippen LogP) is 2.61. The van der Waals surface area contributed by atoms with Crippen LogP contribution in [0.15, 0.2) is 24.3 Å². The van der Waals surface area contributed by atoms with Crippen molar-refractivity contribution in [1.82, 2.24) is 5.32 Å². The van der Waals surface area contributed by atoms with Crippen molar-refractivity contribution in [2.75, 3.05) is 0 Å². The Labute approximate surface area is 137 Å². The van der Waals surface area contributed by atoms with E-state index < -0.39 is 18.1 Å². The van der Waals surface area contributed by atoms with Gasteiger partial charge in [0.25, 0.3) is 5.91 Å². The minimum absolute atomic E-state index is 0.364. The van der Waals surface area contributed by atoms with E-state index in [2.05, 4.69) is 5.32 Å². The lowest BCUT2D eigenvalue weighted by Crippen LogP contribution is -2.47. The summed E-state index contributed by atoms with van der Waals surface area (Å²) in [6, 6.07) is 6.74. The molecule has 2 rings (SSSR count). The van der Waals surface area contributed by atoms with Crippen molar-refractivity contribution >= 4 is 17.5 Å². The summed E-state index contributed by atoms with van der Waals surface area (Å²) in [4.78, 5) is 12.0. The summed E-state index contributed by atoms with van der Waals surface area (Å²) in [7, 11) is 0. The third-order valence-corrected chi connectivity index (χ3v) is 4.64. The minimum atomic E-state index is -1.14. The highest BCUT2D eigenvalue weighted by Crippen LogP contribution is 2.27. The molecule has 1 unspecified atom stereocenters. The number of hydrogen-bond donors (Lipinski definition) is 3. The summed E-state index contributed by atoms with van der Waals surface area (Å²) in [6.45, 7) is 0.364. The molecule has 1 aliphatic carbocycles. The fraction of sp³-hybridized carbons (Fsp3) is 0.588. The van der Waals surface area contributed by atoms with Gasteiger partial charge in [-0.1, -0.05) is 55.8 Å². The zero-order chi connectivity index (χ0) is 15.9. The highest BCUT2D eigenvalue weighted by molar-refractivity contribution is 6.30. The Morgan fingerprint density at radius 3 is 2.55 bits per heavy atom. The number of rotatable bonds is 6. The maximum atomic E-state index is 12.0. The first-order valence-corrected chi connectivity index (χ1v) is 8.40. The van der Waals surface area contributed by atoms with Crippen LogP contribution in [0.3, 0.4) is 0 Å². The van der Waals surface area contributed by atoms with Gasteiger partial charge in [0, 0.05) is 17.6 Å². The standard InChI is InChI=1S/C17H25ClN2O2/c18-14-8-6-13(7-9-14)11-20-17(22)16(21)15(19)10-12-4-2-1-3-5-12/h6-9,12,15-16,21H,1-5,10-11,19H2,(H,20,22)/t15-,16?/m1/s1. The van der Waals surface area contributed by atoms with Gasteiger partial charge in [0.1, 0.15) is 6.10 Å². The largest absolute Gasteiger partial charge is 0.382 e. The van der Waals surface area contributed by atoms with Crippen molar-refractivity contribution in [1.29, 1.82) is 0 Å². The lowest BCUT2D eigenvalue weighted by atomic mass is 9.84. The first-order chi connectivity index (χ1) is 10.6. The van der Waals surface area contributed by atoms with Crippen molar-refractivity contribution < 1.29 is 9.90 Å². The van der Waals surface area contributed by atoms with E-state index in [0.717, 1.165) is 24.8 Å². The second-order valence-corrected chi connectivity index (χ2v) is 6.63. The molecule has 4 N–H and O–H groups in total. The van der Waals surface area contributed by atoms with E-state index in [1.54, 1.807) is 12.1 Å². The first-order valence-electron chi connectivity index (χ1n) is 8.02. The van der Waals surface area contributed by atoms with E-state index in [9.17, 15) is 9.90 Å². The molecule has 5 heteroatoms. The number of nitrogens with two attached hydrogens (primary N) is 1. The molecule has 1 aromatic carbocycles. The predicted molar refractivity (Wildman–Crippen MR) is 88.5 cm³/mol. The molecule has 1 fully saturated rings. The van der Waals surface area contributed by atoms with Crippen LogP contribution in [0.25, 0.3) is 0 Å². The van der Waals surface area contributed by atoms with Crippen molar-refractivity contribution in [2.45, 2.75) is 57.2 Å². The van der Waals surface area contributed by atoms with E-state index >= 15 is 0 Å². The second-order valence-electron chi connectivity index (χ2n) is 6.19. The summed E-state index contributed by atoms with van der Waals surface area (Å²) < 4.78 is 0. The summed E-state index contributed by atoms with van der Waals surface area (Å²) in [5.41, 5.74) is 6.95. The number of amides is 1. The number of carbonyl (C=O) groups excluding carboxylic acids is 1. The summed E-state index contributed by atoms with van der Waals surface area (Å²) in [5, 5.41) is 13.5. The highest BCUT2D eigenvalue weighted by atomic mass is 35.5. The summed E-state index contributed by atoms with van der Waals surface area (Å²) in [5.74, 6) is 0.140. The molecule has 4 nitrogen and oxygen atoms in total. The Hall–Kier alpha value is -1.10. The maximum absolute atomic E-state index is 12.0. The summed E-state index contributed by atoms with van der Waals surface area (Å²) >= 11 is 5.82. The van der Waals surface area contributed by atoms with E-state index in [1.807, 2.05) is 12.1 Å². The van der Waals surface area contributed by atoms with Crippen LogP contribution in [0.4, 0.5) is 0 Å². The number of aliphatic hydroxyl groups excluding tert-OH is 1. The molecule has 0 aliphatic heterocycles. The van der Waals surface area contributed by atoms with Crippen LogP contribution in [-0.2, 0) is 11.3 Å². The third kappa shape index (κ3) is 5.27. The lowest BCUT2D eigenvalue weighted by Gasteiger charge is -2.26. The van der Waals surface area contributed by atoms with Gasteiger partial charge in [-0.2, -0.15) is 0 Å². The smallest absolute Gasteiger partial charge is 0.250 e. The molecule has 1 saturated carbocycles. The van der Waals surface area contributed by atoms with Gasteiger partial charge in [0.05, 0.1) is 0 Å². The molecule has 0 spiro atoms. The molecule has 0 heterocycles. The quantitative estimate of drug-likeness (QED) is 0.753. The Morgan fingerprint density at radius 1 is 1.27 bits per heavy atom. The molecule has 0 saturated heterocycles. The number of hydrogen-bond acceptors (Lipinski definition) is 3. The van der Waals surface area contributed by atoms with Gasteiger partial charge < -0.3 is 16.2 Å². The summed E-state index contributed by atoms with van der Waals surface area (Å²) in [6.07, 6.45) is 5.64. The van der Waals surface area contributed by atoms with Gasteiger partial charge in [-0.3, -0.25) is 4.79 Å².